The fraction of sp³-hybridized carbons (Fsp3) is 0.417. The van der Waals surface area contributed by atoms with Gasteiger partial charge in [0.1, 0.15) is 5.82 Å². The second-order valence-corrected chi connectivity index (χ2v) is 4.05. The minimum atomic E-state index is 0.173. The van der Waals surface area contributed by atoms with Crippen molar-refractivity contribution in [2.75, 3.05) is 7.05 Å². The highest BCUT2D eigenvalue weighted by molar-refractivity contribution is 5.12. The number of nitrogens with one attached hydrogen (secondary N) is 1. The largest absolute Gasteiger partial charge is 0.311 e. The first-order valence-corrected chi connectivity index (χ1v) is 5.64. The molecular weight excluding hydrogens is 214 g/mol. The molecule has 0 fully saturated rings. The van der Waals surface area contributed by atoms with Crippen molar-refractivity contribution in [2.45, 2.75) is 19.4 Å². The third kappa shape index (κ3) is 2.88. The summed E-state index contributed by atoms with van der Waals surface area (Å²) in [5.41, 5.74) is 2.06. The van der Waals surface area contributed by atoms with Gasteiger partial charge in [-0.2, -0.15) is 5.10 Å². The zero-order valence-corrected chi connectivity index (χ0v) is 10.4. The van der Waals surface area contributed by atoms with Crippen LogP contribution in [-0.4, -0.2) is 26.8 Å². The highest BCUT2D eigenvalue weighted by Crippen LogP contribution is 2.14. The third-order valence-corrected chi connectivity index (χ3v) is 2.69. The lowest BCUT2D eigenvalue weighted by Gasteiger charge is -2.14. The van der Waals surface area contributed by atoms with Crippen molar-refractivity contribution in [3.63, 3.8) is 0 Å². The van der Waals surface area contributed by atoms with E-state index in [0.717, 1.165) is 23.6 Å². The summed E-state index contributed by atoms with van der Waals surface area (Å²) in [4.78, 5) is 8.55. The van der Waals surface area contributed by atoms with Crippen molar-refractivity contribution in [3.05, 3.63) is 41.7 Å². The first kappa shape index (κ1) is 11.7. The summed E-state index contributed by atoms with van der Waals surface area (Å²) < 4.78 is 1.81. The van der Waals surface area contributed by atoms with E-state index in [2.05, 4.69) is 20.4 Å². The summed E-state index contributed by atoms with van der Waals surface area (Å²) in [6, 6.07) is 4.14. The molecule has 0 saturated heterocycles. The smallest absolute Gasteiger partial charge is 0.125 e. The average Bonchev–Trinajstić information content (AvgIpc) is 2.72. The second-order valence-electron chi connectivity index (χ2n) is 4.05. The van der Waals surface area contributed by atoms with Crippen LogP contribution in [0.4, 0.5) is 0 Å². The fourth-order valence-electron chi connectivity index (χ4n) is 1.80. The van der Waals surface area contributed by atoms with Crippen molar-refractivity contribution in [3.8, 4) is 0 Å². The third-order valence-electron chi connectivity index (χ3n) is 2.69. The highest BCUT2D eigenvalue weighted by Gasteiger charge is 2.13. The van der Waals surface area contributed by atoms with E-state index in [-0.39, 0.29) is 6.04 Å². The van der Waals surface area contributed by atoms with E-state index in [1.165, 1.54) is 0 Å². The molecule has 5 heteroatoms. The summed E-state index contributed by atoms with van der Waals surface area (Å²) >= 11 is 0. The van der Waals surface area contributed by atoms with Crippen molar-refractivity contribution in [2.24, 2.45) is 7.05 Å². The Hall–Kier alpha value is -1.75. The molecule has 2 aromatic rings. The van der Waals surface area contributed by atoms with E-state index >= 15 is 0 Å². The monoisotopic (exact) mass is 231 g/mol. The number of nitrogens with zero attached hydrogens (tertiary/aromatic N) is 4. The minimum Gasteiger partial charge on any atom is -0.311 e. The van der Waals surface area contributed by atoms with Crippen LogP contribution < -0.4 is 5.32 Å². The number of hydrogen-bond donors (Lipinski definition) is 1. The Labute approximate surface area is 101 Å². The number of aryl methyl sites for hydroxylation is 2. The average molecular weight is 231 g/mol. The molecule has 2 rings (SSSR count). The quantitative estimate of drug-likeness (QED) is 0.853. The van der Waals surface area contributed by atoms with Crippen molar-refractivity contribution >= 4 is 0 Å². The van der Waals surface area contributed by atoms with E-state index < -0.39 is 0 Å². The molecule has 0 aromatic carbocycles. The lowest BCUT2D eigenvalue weighted by atomic mass is 10.1. The van der Waals surface area contributed by atoms with E-state index in [9.17, 15) is 0 Å². The fourth-order valence-corrected chi connectivity index (χ4v) is 1.80. The van der Waals surface area contributed by atoms with Crippen molar-refractivity contribution in [1.82, 2.24) is 25.1 Å². The summed E-state index contributed by atoms with van der Waals surface area (Å²) in [7, 11) is 3.86. The Balaban J connectivity index is 2.16. The Morgan fingerprint density at radius 3 is 2.82 bits per heavy atom. The van der Waals surface area contributed by atoms with Gasteiger partial charge >= 0.3 is 0 Å². The van der Waals surface area contributed by atoms with Crippen molar-refractivity contribution in [1.29, 1.82) is 0 Å². The number of likely N-dealkylation sites (N-methyl/N-ethyl adjacent to an activating group) is 1. The van der Waals surface area contributed by atoms with Gasteiger partial charge in [0.2, 0.25) is 0 Å². The van der Waals surface area contributed by atoms with Gasteiger partial charge in [-0.3, -0.25) is 4.68 Å². The maximum absolute atomic E-state index is 4.44. The SMILES string of the molecule is CNC(Cc1ccn(C)n1)c1ccnc(C)n1. The van der Waals surface area contributed by atoms with Crippen LogP contribution in [-0.2, 0) is 13.5 Å². The van der Waals surface area contributed by atoms with E-state index in [1.54, 1.807) is 6.20 Å². The predicted molar refractivity (Wildman–Crippen MR) is 65.5 cm³/mol. The molecule has 0 spiro atoms. The molecule has 90 valence electrons. The summed E-state index contributed by atoms with van der Waals surface area (Å²) in [5, 5.41) is 7.64. The zero-order chi connectivity index (χ0) is 12.3. The molecule has 1 unspecified atom stereocenters. The molecule has 2 aromatic heterocycles. The molecule has 1 N–H and O–H groups in total. The van der Waals surface area contributed by atoms with Crippen LogP contribution in [0.15, 0.2) is 24.5 Å². The zero-order valence-electron chi connectivity index (χ0n) is 10.4. The normalized spacial score (nSPS) is 12.6. The molecule has 0 amide bonds. The van der Waals surface area contributed by atoms with Crippen LogP contribution in [0, 0.1) is 6.92 Å². The molecule has 0 radical (unpaired) electrons. The molecule has 0 aliphatic carbocycles. The van der Waals surface area contributed by atoms with E-state index in [1.807, 2.05) is 44.0 Å². The van der Waals surface area contributed by atoms with Gasteiger partial charge in [-0.25, -0.2) is 9.97 Å². The topological polar surface area (TPSA) is 55.6 Å². The van der Waals surface area contributed by atoms with E-state index in [4.69, 9.17) is 0 Å². The lowest BCUT2D eigenvalue weighted by molar-refractivity contribution is 0.559. The van der Waals surface area contributed by atoms with Gasteiger partial charge < -0.3 is 5.32 Å². The highest BCUT2D eigenvalue weighted by atomic mass is 15.2. The molecule has 17 heavy (non-hydrogen) atoms. The lowest BCUT2D eigenvalue weighted by Crippen LogP contribution is -2.20. The number of hydrogen-bond acceptors (Lipinski definition) is 4. The van der Waals surface area contributed by atoms with Crippen LogP contribution >= 0.6 is 0 Å². The molecule has 0 saturated carbocycles. The Morgan fingerprint density at radius 2 is 2.24 bits per heavy atom. The molecule has 0 aliphatic rings. The van der Waals surface area contributed by atoms with Crippen LogP contribution in [0.3, 0.4) is 0 Å². The molecule has 2 heterocycles. The van der Waals surface area contributed by atoms with Crippen LogP contribution in [0.25, 0.3) is 0 Å². The minimum absolute atomic E-state index is 0.173. The predicted octanol–water partition coefficient (Wildman–Crippen LogP) is 1.02. The summed E-state index contributed by atoms with van der Waals surface area (Å²) in [6.07, 6.45) is 4.57. The second kappa shape index (κ2) is 5.05. The molecule has 5 nitrogen and oxygen atoms in total. The van der Waals surface area contributed by atoms with Crippen molar-refractivity contribution < 1.29 is 0 Å². The number of aromatic nitrogens is 4. The Bertz CT molecular complexity index is 491. The van der Waals surface area contributed by atoms with Gasteiger partial charge in [0.15, 0.2) is 0 Å². The molecule has 1 atom stereocenters. The van der Waals surface area contributed by atoms with Gasteiger partial charge in [-0.1, -0.05) is 0 Å². The van der Waals surface area contributed by atoms with Crippen LogP contribution in [0.1, 0.15) is 23.3 Å². The first-order valence-electron chi connectivity index (χ1n) is 5.64. The van der Waals surface area contributed by atoms with Gasteiger partial charge in [0.25, 0.3) is 0 Å². The molecule has 0 aliphatic heterocycles. The maximum atomic E-state index is 4.44. The Morgan fingerprint density at radius 1 is 1.41 bits per heavy atom. The standard InChI is InChI=1S/C12H17N5/c1-9-14-6-4-11(15-9)12(13-2)8-10-5-7-17(3)16-10/h4-7,12-13H,8H2,1-3H3. The van der Waals surface area contributed by atoms with Crippen LogP contribution in [0.2, 0.25) is 0 Å². The van der Waals surface area contributed by atoms with E-state index in [0.29, 0.717) is 0 Å². The molecule has 0 bridgehead atoms. The molecular formula is C12H17N5. The van der Waals surface area contributed by atoms with Gasteiger partial charge in [0, 0.05) is 25.9 Å². The summed E-state index contributed by atoms with van der Waals surface area (Å²) in [5.74, 6) is 0.795. The van der Waals surface area contributed by atoms with Gasteiger partial charge in [-0.15, -0.1) is 0 Å². The summed E-state index contributed by atoms with van der Waals surface area (Å²) in [6.45, 7) is 1.90. The van der Waals surface area contributed by atoms with Gasteiger partial charge in [-0.05, 0) is 26.1 Å². The first-order chi connectivity index (χ1) is 8.19. The van der Waals surface area contributed by atoms with Gasteiger partial charge in [0.05, 0.1) is 17.4 Å². The number of rotatable bonds is 4. The maximum Gasteiger partial charge on any atom is 0.125 e. The Kier molecular flexibility index (Phi) is 3.49. The van der Waals surface area contributed by atoms with Crippen LogP contribution in [0.5, 0.6) is 0 Å².